The lowest BCUT2D eigenvalue weighted by Crippen LogP contribution is -2.35. The number of rotatable bonds is 6. The second-order valence-electron chi connectivity index (χ2n) is 5.27. The SMILES string of the molecule is CCOCc1c(C=CC(=O)Cl)nc(C)n1[Si](C)(C)C.Cl. The van der Waals surface area contributed by atoms with Crippen LogP contribution in [0.1, 0.15) is 24.1 Å². The van der Waals surface area contributed by atoms with Gasteiger partial charge in [0, 0.05) is 6.61 Å². The second-order valence-corrected chi connectivity index (χ2v) is 10.4. The third kappa shape index (κ3) is 5.05. The molecular formula is C13H22Cl2N2O2Si. The minimum atomic E-state index is -1.59. The Bertz CT molecular complexity index is 493. The predicted octanol–water partition coefficient (Wildman–Crippen LogP) is 3.61. The number of imidazole rings is 1. The Hall–Kier alpha value is -0.623. The lowest BCUT2D eigenvalue weighted by atomic mass is 10.3. The van der Waals surface area contributed by atoms with Crippen LogP contribution in [0.2, 0.25) is 19.6 Å². The van der Waals surface area contributed by atoms with Crippen LogP contribution >= 0.6 is 24.0 Å². The van der Waals surface area contributed by atoms with E-state index in [0.717, 1.165) is 17.2 Å². The molecule has 114 valence electrons. The molecule has 0 aliphatic carbocycles. The van der Waals surface area contributed by atoms with E-state index in [2.05, 4.69) is 28.9 Å². The van der Waals surface area contributed by atoms with E-state index in [1.165, 1.54) is 6.08 Å². The van der Waals surface area contributed by atoms with E-state index in [-0.39, 0.29) is 12.4 Å². The molecule has 1 rings (SSSR count). The van der Waals surface area contributed by atoms with Crippen molar-refractivity contribution >= 4 is 43.6 Å². The van der Waals surface area contributed by atoms with Gasteiger partial charge in [0.15, 0.2) is 8.24 Å². The maximum absolute atomic E-state index is 10.9. The molecule has 0 radical (unpaired) electrons. The summed E-state index contributed by atoms with van der Waals surface area (Å²) in [5.41, 5.74) is 1.79. The molecule has 0 atom stereocenters. The van der Waals surface area contributed by atoms with E-state index in [0.29, 0.717) is 13.2 Å². The molecule has 20 heavy (non-hydrogen) atoms. The van der Waals surface area contributed by atoms with Crippen LogP contribution in [0.3, 0.4) is 0 Å². The van der Waals surface area contributed by atoms with E-state index in [9.17, 15) is 4.79 Å². The summed E-state index contributed by atoms with van der Waals surface area (Å²) in [6.07, 6.45) is 2.99. The number of hydrogen-bond donors (Lipinski definition) is 0. The number of allylic oxidation sites excluding steroid dienone is 1. The lowest BCUT2D eigenvalue weighted by Gasteiger charge is -2.23. The summed E-state index contributed by atoms with van der Waals surface area (Å²) in [5.74, 6) is 0.954. The quantitative estimate of drug-likeness (QED) is 0.452. The minimum absolute atomic E-state index is 0. The molecule has 0 aliphatic heterocycles. The van der Waals surface area contributed by atoms with Gasteiger partial charge in [0.05, 0.1) is 23.8 Å². The first-order chi connectivity index (χ1) is 8.77. The largest absolute Gasteiger partial charge is 0.375 e. The van der Waals surface area contributed by atoms with Gasteiger partial charge >= 0.3 is 0 Å². The van der Waals surface area contributed by atoms with E-state index >= 15 is 0 Å². The molecular weight excluding hydrogens is 315 g/mol. The summed E-state index contributed by atoms with van der Waals surface area (Å²) in [7, 11) is -1.59. The molecule has 0 spiro atoms. The van der Waals surface area contributed by atoms with Crippen molar-refractivity contribution in [3.05, 3.63) is 23.3 Å². The molecule has 0 saturated heterocycles. The molecule has 0 aliphatic rings. The van der Waals surface area contributed by atoms with Crippen molar-refractivity contribution in [3.8, 4) is 0 Å². The van der Waals surface area contributed by atoms with Crippen molar-refractivity contribution in [2.45, 2.75) is 40.1 Å². The average Bonchev–Trinajstić information content (AvgIpc) is 2.59. The highest BCUT2D eigenvalue weighted by Gasteiger charge is 2.24. The summed E-state index contributed by atoms with van der Waals surface area (Å²) in [6, 6.07) is 0. The topological polar surface area (TPSA) is 44.1 Å². The number of carbonyl (C=O) groups excluding carboxylic acids is 1. The number of hydrogen-bond acceptors (Lipinski definition) is 3. The highest BCUT2D eigenvalue weighted by molar-refractivity contribution is 6.74. The van der Waals surface area contributed by atoms with E-state index < -0.39 is 13.5 Å². The van der Waals surface area contributed by atoms with Crippen LogP contribution in [0, 0.1) is 6.92 Å². The van der Waals surface area contributed by atoms with Crippen LogP contribution in [-0.4, -0.2) is 29.3 Å². The number of aryl methyl sites for hydroxylation is 1. The fourth-order valence-corrected chi connectivity index (χ4v) is 4.18. The number of nitrogens with zero attached hydrogens (tertiary/aromatic N) is 2. The molecule has 0 unspecified atom stereocenters. The summed E-state index contributed by atoms with van der Waals surface area (Å²) in [6.45, 7) is 11.8. The van der Waals surface area contributed by atoms with Gasteiger partial charge in [0.1, 0.15) is 0 Å². The maximum Gasteiger partial charge on any atom is 0.245 e. The molecule has 0 aromatic carbocycles. The zero-order valence-electron chi connectivity index (χ0n) is 12.6. The molecule has 0 fully saturated rings. The van der Waals surface area contributed by atoms with E-state index in [1.54, 1.807) is 6.08 Å². The molecule has 1 aromatic heterocycles. The van der Waals surface area contributed by atoms with Gasteiger partial charge in [-0.25, -0.2) is 4.98 Å². The van der Waals surface area contributed by atoms with Crippen LogP contribution in [0.5, 0.6) is 0 Å². The molecule has 1 heterocycles. The lowest BCUT2D eigenvalue weighted by molar-refractivity contribution is -0.107. The second kappa shape index (κ2) is 7.98. The Morgan fingerprint density at radius 1 is 1.45 bits per heavy atom. The van der Waals surface area contributed by atoms with Crippen LogP contribution in [0.4, 0.5) is 0 Å². The fourth-order valence-electron chi connectivity index (χ4n) is 2.10. The Morgan fingerprint density at radius 3 is 2.50 bits per heavy atom. The van der Waals surface area contributed by atoms with Crippen LogP contribution < -0.4 is 0 Å². The van der Waals surface area contributed by atoms with Gasteiger partial charge in [0.2, 0.25) is 5.24 Å². The average molecular weight is 337 g/mol. The van der Waals surface area contributed by atoms with Gasteiger partial charge in [-0.1, -0.05) is 19.6 Å². The smallest absolute Gasteiger partial charge is 0.245 e. The number of ether oxygens (including phenoxy) is 1. The van der Waals surface area contributed by atoms with Crippen molar-refractivity contribution in [2.75, 3.05) is 6.61 Å². The first-order valence-electron chi connectivity index (χ1n) is 6.31. The summed E-state index contributed by atoms with van der Waals surface area (Å²) in [4.78, 5) is 15.4. The van der Waals surface area contributed by atoms with Crippen LogP contribution in [0.15, 0.2) is 6.08 Å². The first kappa shape index (κ1) is 19.4. The first-order valence-corrected chi connectivity index (χ1v) is 10.1. The molecule has 4 nitrogen and oxygen atoms in total. The zero-order chi connectivity index (χ0) is 14.6. The van der Waals surface area contributed by atoms with Crippen molar-refractivity contribution in [2.24, 2.45) is 0 Å². The van der Waals surface area contributed by atoms with E-state index in [1.807, 2.05) is 13.8 Å². The Morgan fingerprint density at radius 2 is 2.05 bits per heavy atom. The summed E-state index contributed by atoms with van der Waals surface area (Å²) >= 11 is 5.34. The Labute approximate surface area is 132 Å². The standard InChI is InChI=1S/C13H21ClN2O2Si.ClH/c1-6-18-9-12-11(7-8-13(14)17)15-10(2)16(12)19(3,4)5;/h7-8H,6,9H2,1-5H3;1H. The summed E-state index contributed by atoms with van der Waals surface area (Å²) < 4.78 is 7.79. The summed E-state index contributed by atoms with van der Waals surface area (Å²) in [5, 5.41) is -0.498. The normalized spacial score (nSPS) is 11.7. The monoisotopic (exact) mass is 336 g/mol. The predicted molar refractivity (Wildman–Crippen MR) is 88.2 cm³/mol. The van der Waals surface area contributed by atoms with E-state index in [4.69, 9.17) is 16.3 Å². The number of aromatic nitrogens is 2. The van der Waals surface area contributed by atoms with Crippen molar-refractivity contribution < 1.29 is 9.53 Å². The third-order valence-electron chi connectivity index (χ3n) is 2.66. The van der Waals surface area contributed by atoms with Crippen molar-refractivity contribution in [3.63, 3.8) is 0 Å². The molecule has 0 saturated carbocycles. The van der Waals surface area contributed by atoms with Gasteiger partial charge in [-0.3, -0.25) is 4.79 Å². The fraction of sp³-hybridized carbons (Fsp3) is 0.538. The molecule has 1 aromatic rings. The van der Waals surface area contributed by atoms with Gasteiger partial charge < -0.3 is 8.97 Å². The van der Waals surface area contributed by atoms with Crippen LogP contribution in [0.25, 0.3) is 6.08 Å². The molecule has 0 N–H and O–H groups in total. The van der Waals surface area contributed by atoms with Gasteiger partial charge in [0.25, 0.3) is 0 Å². The van der Waals surface area contributed by atoms with Crippen molar-refractivity contribution in [1.82, 2.24) is 9.22 Å². The van der Waals surface area contributed by atoms with Gasteiger partial charge in [-0.2, -0.15) is 0 Å². The highest BCUT2D eigenvalue weighted by Crippen LogP contribution is 2.20. The molecule has 0 bridgehead atoms. The van der Waals surface area contributed by atoms with Crippen molar-refractivity contribution in [1.29, 1.82) is 0 Å². The maximum atomic E-state index is 10.9. The van der Waals surface area contributed by atoms with Gasteiger partial charge in [-0.15, -0.1) is 12.4 Å². The Balaban J connectivity index is 0.00000361. The third-order valence-corrected chi connectivity index (χ3v) is 4.72. The highest BCUT2D eigenvalue weighted by atomic mass is 35.5. The van der Waals surface area contributed by atoms with Crippen LogP contribution in [-0.2, 0) is 16.1 Å². The number of halogens is 2. The number of carbonyl (C=O) groups is 1. The zero-order valence-corrected chi connectivity index (χ0v) is 15.1. The van der Waals surface area contributed by atoms with Gasteiger partial charge in [-0.05, 0) is 37.6 Å². The Kier molecular flexibility index (Phi) is 7.73. The molecule has 0 amide bonds. The molecule has 7 heteroatoms. The minimum Gasteiger partial charge on any atom is -0.375 e.